The number of anilines is 2. The largest absolute Gasteiger partial charge is 0.477 e. The first-order chi connectivity index (χ1) is 15.9. The Morgan fingerprint density at radius 1 is 1.21 bits per heavy atom. The summed E-state index contributed by atoms with van der Waals surface area (Å²) in [6, 6.07) is 7.03. The van der Waals surface area contributed by atoms with Crippen LogP contribution < -0.4 is 15.6 Å². The van der Waals surface area contributed by atoms with Crippen LogP contribution in [0.4, 0.5) is 11.6 Å². The van der Waals surface area contributed by atoms with E-state index in [0.717, 1.165) is 0 Å². The Kier molecular flexibility index (Phi) is 4.85. The average molecular weight is 445 g/mol. The summed E-state index contributed by atoms with van der Waals surface area (Å²) in [7, 11) is 0. The molecule has 5 heterocycles. The minimum Gasteiger partial charge on any atom is -0.477 e. The van der Waals surface area contributed by atoms with Crippen LogP contribution in [-0.2, 0) is 4.79 Å². The van der Waals surface area contributed by atoms with E-state index in [4.69, 9.17) is 0 Å². The van der Waals surface area contributed by atoms with Crippen molar-refractivity contribution >= 4 is 34.5 Å². The van der Waals surface area contributed by atoms with Gasteiger partial charge in [0.2, 0.25) is 17.3 Å². The molecule has 4 aromatic heterocycles. The number of nitrogens with one attached hydrogen (secondary N) is 2. The molecule has 0 saturated carbocycles. The quantitative estimate of drug-likeness (QED) is 0.420. The zero-order valence-corrected chi connectivity index (χ0v) is 17.5. The maximum Gasteiger partial charge on any atom is 0.341 e. The van der Waals surface area contributed by atoms with Gasteiger partial charge >= 0.3 is 5.97 Å². The van der Waals surface area contributed by atoms with Gasteiger partial charge in [0, 0.05) is 37.9 Å². The van der Waals surface area contributed by atoms with Crippen LogP contribution in [0.5, 0.6) is 0 Å². The number of rotatable bonds is 5. The molecular formula is C22H19N7O4. The lowest BCUT2D eigenvalue weighted by Crippen LogP contribution is -2.52. The van der Waals surface area contributed by atoms with Crippen LogP contribution in [0.25, 0.3) is 17.0 Å². The number of nitrogens with zero attached hydrogens (tertiary/aromatic N) is 5. The summed E-state index contributed by atoms with van der Waals surface area (Å²) < 4.78 is 1.46. The summed E-state index contributed by atoms with van der Waals surface area (Å²) >= 11 is 0. The maximum absolute atomic E-state index is 12.9. The number of pyridine rings is 3. The first kappa shape index (κ1) is 20.4. The molecule has 0 bridgehead atoms. The lowest BCUT2D eigenvalue weighted by molar-refractivity contribution is -0.120. The van der Waals surface area contributed by atoms with Gasteiger partial charge in [-0.3, -0.25) is 14.2 Å². The van der Waals surface area contributed by atoms with E-state index in [-0.39, 0.29) is 28.4 Å². The van der Waals surface area contributed by atoms with Crippen molar-refractivity contribution in [1.29, 1.82) is 0 Å². The molecule has 4 aromatic rings. The van der Waals surface area contributed by atoms with Crippen molar-refractivity contribution in [2.75, 3.05) is 23.3 Å². The van der Waals surface area contributed by atoms with Crippen LogP contribution in [0.15, 0.2) is 53.8 Å². The van der Waals surface area contributed by atoms with E-state index in [1.54, 1.807) is 43.6 Å². The van der Waals surface area contributed by atoms with Gasteiger partial charge in [-0.15, -0.1) is 0 Å². The third-order valence-electron chi connectivity index (χ3n) is 5.58. The summed E-state index contributed by atoms with van der Waals surface area (Å²) in [4.78, 5) is 54.8. The van der Waals surface area contributed by atoms with Crippen LogP contribution in [0.3, 0.4) is 0 Å². The molecule has 0 radical (unpaired) electrons. The fourth-order valence-electron chi connectivity index (χ4n) is 3.84. The van der Waals surface area contributed by atoms with Crippen molar-refractivity contribution in [3.63, 3.8) is 0 Å². The fraction of sp³-hybridized carbons (Fsp3) is 0.182. The summed E-state index contributed by atoms with van der Waals surface area (Å²) in [6.07, 6.45) is 5.95. The summed E-state index contributed by atoms with van der Waals surface area (Å²) in [5.41, 5.74) is -0.0963. The molecule has 0 spiro atoms. The van der Waals surface area contributed by atoms with Crippen molar-refractivity contribution in [2.24, 2.45) is 5.92 Å². The standard InChI is InChI=1S/C22H19N7O4/c1-12-8-16(28-9-13(10-28)20(31)26-15-4-2-3-5-23-15)27-19-17(12)18(30)14(21(32)33)11-29(19)22-24-6-7-25-22/h2-8,11,13H,9-10H2,1H3,(H,24,25)(H,32,33)(H,23,26,31). The maximum atomic E-state index is 12.9. The van der Waals surface area contributed by atoms with E-state index >= 15 is 0 Å². The van der Waals surface area contributed by atoms with E-state index in [9.17, 15) is 19.5 Å². The molecule has 5 rings (SSSR count). The molecule has 0 aliphatic carbocycles. The minimum absolute atomic E-state index is 0.124. The van der Waals surface area contributed by atoms with Crippen LogP contribution in [-0.4, -0.2) is 54.6 Å². The highest BCUT2D eigenvalue weighted by molar-refractivity contribution is 5.95. The Labute approximate surface area is 186 Å². The van der Waals surface area contributed by atoms with Gasteiger partial charge in [0.15, 0.2) is 5.65 Å². The third-order valence-corrected chi connectivity index (χ3v) is 5.58. The molecule has 1 amide bonds. The SMILES string of the molecule is Cc1cc(N2CC(C(=O)Nc3ccccn3)C2)nc2c1c(=O)c(C(=O)O)cn2-c1ncc[nH]1. The van der Waals surface area contributed by atoms with E-state index in [1.807, 2.05) is 4.90 Å². The molecule has 11 nitrogen and oxygen atoms in total. The molecule has 3 N–H and O–H groups in total. The van der Waals surface area contributed by atoms with Crippen LogP contribution in [0, 0.1) is 12.8 Å². The Bertz CT molecular complexity index is 1420. The molecule has 33 heavy (non-hydrogen) atoms. The van der Waals surface area contributed by atoms with Crippen molar-refractivity contribution in [3.8, 4) is 5.95 Å². The first-order valence-electron chi connectivity index (χ1n) is 10.2. The number of carbonyl (C=O) groups excluding carboxylic acids is 1. The second-order valence-electron chi connectivity index (χ2n) is 7.76. The molecule has 0 aromatic carbocycles. The molecular weight excluding hydrogens is 426 g/mol. The van der Waals surface area contributed by atoms with Crippen molar-refractivity contribution in [3.05, 3.63) is 70.4 Å². The summed E-state index contributed by atoms with van der Waals surface area (Å²) in [6.45, 7) is 2.64. The van der Waals surface area contributed by atoms with Crippen molar-refractivity contribution in [2.45, 2.75) is 6.92 Å². The highest BCUT2D eigenvalue weighted by Gasteiger charge is 2.34. The Morgan fingerprint density at radius 2 is 2.03 bits per heavy atom. The van der Waals surface area contributed by atoms with Gasteiger partial charge in [0.25, 0.3) is 0 Å². The van der Waals surface area contributed by atoms with Gasteiger partial charge in [0.05, 0.1) is 11.3 Å². The highest BCUT2D eigenvalue weighted by atomic mass is 16.4. The van der Waals surface area contributed by atoms with Gasteiger partial charge in [-0.25, -0.2) is 19.7 Å². The number of aromatic amines is 1. The molecule has 11 heteroatoms. The number of imidazole rings is 1. The van der Waals surface area contributed by atoms with E-state index in [2.05, 4.69) is 25.3 Å². The number of aryl methyl sites for hydroxylation is 1. The number of fused-ring (bicyclic) bond motifs is 1. The Balaban J connectivity index is 1.48. The second-order valence-corrected chi connectivity index (χ2v) is 7.76. The number of aromatic carboxylic acids is 1. The molecule has 166 valence electrons. The number of carboxylic acid groups (broad SMARTS) is 1. The second kappa shape index (κ2) is 7.86. The van der Waals surface area contributed by atoms with Gasteiger partial charge in [-0.05, 0) is 30.7 Å². The molecule has 0 atom stereocenters. The molecule has 0 unspecified atom stereocenters. The number of hydrogen-bond acceptors (Lipinski definition) is 7. The molecule has 1 fully saturated rings. The van der Waals surface area contributed by atoms with E-state index in [0.29, 0.717) is 36.2 Å². The number of amides is 1. The monoisotopic (exact) mass is 445 g/mol. The van der Waals surface area contributed by atoms with E-state index in [1.165, 1.54) is 17.0 Å². The lowest BCUT2D eigenvalue weighted by atomic mass is 9.98. The van der Waals surface area contributed by atoms with Crippen LogP contribution in [0.1, 0.15) is 15.9 Å². The van der Waals surface area contributed by atoms with E-state index < -0.39 is 11.4 Å². The molecule has 1 aliphatic rings. The van der Waals surface area contributed by atoms with Crippen LogP contribution >= 0.6 is 0 Å². The summed E-state index contributed by atoms with van der Waals surface area (Å²) in [5, 5.41) is 12.5. The first-order valence-corrected chi connectivity index (χ1v) is 10.2. The number of H-pyrrole nitrogens is 1. The minimum atomic E-state index is -1.32. The molecule has 1 saturated heterocycles. The normalized spacial score (nSPS) is 13.7. The third kappa shape index (κ3) is 3.59. The number of aromatic nitrogens is 5. The molecule has 1 aliphatic heterocycles. The number of carboxylic acids is 1. The van der Waals surface area contributed by atoms with Gasteiger partial charge in [-0.2, -0.15) is 0 Å². The highest BCUT2D eigenvalue weighted by Crippen LogP contribution is 2.28. The zero-order chi connectivity index (χ0) is 23.1. The predicted molar refractivity (Wildman–Crippen MR) is 120 cm³/mol. The van der Waals surface area contributed by atoms with Crippen LogP contribution in [0.2, 0.25) is 0 Å². The van der Waals surface area contributed by atoms with Crippen molar-refractivity contribution in [1.82, 2.24) is 24.5 Å². The van der Waals surface area contributed by atoms with Gasteiger partial charge < -0.3 is 20.3 Å². The lowest BCUT2D eigenvalue weighted by Gasteiger charge is -2.39. The van der Waals surface area contributed by atoms with Gasteiger partial charge in [0.1, 0.15) is 17.2 Å². The van der Waals surface area contributed by atoms with Crippen molar-refractivity contribution < 1.29 is 14.7 Å². The topological polar surface area (TPSA) is 146 Å². The Morgan fingerprint density at radius 3 is 2.70 bits per heavy atom. The zero-order valence-electron chi connectivity index (χ0n) is 17.5. The summed E-state index contributed by atoms with van der Waals surface area (Å²) in [5.74, 6) is -0.257. The Hall–Kier alpha value is -4.54. The average Bonchev–Trinajstić information content (AvgIpc) is 3.28. The number of hydrogen-bond donors (Lipinski definition) is 3. The fourth-order valence-corrected chi connectivity index (χ4v) is 3.84. The van der Waals surface area contributed by atoms with Gasteiger partial charge in [-0.1, -0.05) is 6.07 Å². The number of carbonyl (C=O) groups is 2. The predicted octanol–water partition coefficient (Wildman–Crippen LogP) is 1.59. The smallest absolute Gasteiger partial charge is 0.341 e.